The summed E-state index contributed by atoms with van der Waals surface area (Å²) in [5, 5.41) is 25.3. The number of hydrazone groups is 1. The molecule has 2 rings (SSSR count). The van der Waals surface area contributed by atoms with E-state index in [1.54, 1.807) is 19.1 Å². The van der Waals surface area contributed by atoms with E-state index in [9.17, 15) is 24.2 Å². The minimum absolute atomic E-state index is 0.0387. The number of phenols is 2. The molecule has 0 aliphatic rings. The first kappa shape index (κ1) is 18.9. The van der Waals surface area contributed by atoms with Gasteiger partial charge in [0.1, 0.15) is 17.3 Å². The zero-order valence-corrected chi connectivity index (χ0v) is 14.0. The Morgan fingerprint density at radius 3 is 2.46 bits per heavy atom. The van der Waals surface area contributed by atoms with Crippen LogP contribution in [0.3, 0.4) is 0 Å². The van der Waals surface area contributed by atoms with E-state index in [0.29, 0.717) is 5.71 Å². The maximum atomic E-state index is 12.8. The Hall–Kier alpha value is -3.42. The topological polar surface area (TPSA) is 111 Å². The molecule has 0 atom stereocenters. The van der Waals surface area contributed by atoms with Crippen LogP contribution < -0.4 is 10.7 Å². The van der Waals surface area contributed by atoms with E-state index in [2.05, 4.69) is 15.8 Å². The molecule has 4 N–H and O–H groups in total. The maximum absolute atomic E-state index is 12.8. The van der Waals surface area contributed by atoms with E-state index >= 15 is 0 Å². The van der Waals surface area contributed by atoms with Crippen LogP contribution in [0, 0.1) is 5.82 Å². The molecule has 0 aromatic heterocycles. The van der Waals surface area contributed by atoms with Crippen molar-refractivity contribution in [2.24, 2.45) is 5.10 Å². The van der Waals surface area contributed by atoms with Gasteiger partial charge in [-0.15, -0.1) is 0 Å². The van der Waals surface area contributed by atoms with Crippen molar-refractivity contribution in [3.63, 3.8) is 0 Å². The van der Waals surface area contributed by atoms with Crippen LogP contribution in [0.2, 0.25) is 0 Å². The number of nitrogens with zero attached hydrogens (tertiary/aromatic N) is 1. The molecule has 0 aliphatic heterocycles. The second kappa shape index (κ2) is 8.61. The predicted molar refractivity (Wildman–Crippen MR) is 93.2 cm³/mol. The van der Waals surface area contributed by atoms with E-state index < -0.39 is 5.91 Å². The van der Waals surface area contributed by atoms with Gasteiger partial charge in [-0.25, -0.2) is 9.82 Å². The number of amides is 2. The van der Waals surface area contributed by atoms with E-state index in [1.807, 2.05) is 0 Å². The van der Waals surface area contributed by atoms with Gasteiger partial charge in [0.25, 0.3) is 5.91 Å². The molecule has 26 heavy (non-hydrogen) atoms. The number of aromatic hydroxyl groups is 2. The van der Waals surface area contributed by atoms with Crippen LogP contribution in [0.25, 0.3) is 0 Å². The smallest absolute Gasteiger partial charge is 0.275 e. The van der Waals surface area contributed by atoms with Gasteiger partial charge in [0.2, 0.25) is 5.91 Å². The van der Waals surface area contributed by atoms with Gasteiger partial charge in [-0.05, 0) is 36.8 Å². The quantitative estimate of drug-likeness (QED) is 0.467. The Bertz CT molecular complexity index is 835. The van der Waals surface area contributed by atoms with E-state index in [-0.39, 0.29) is 41.8 Å². The lowest BCUT2D eigenvalue weighted by molar-refractivity contribution is -0.120. The number of halogens is 1. The number of phenolic OH excluding ortho intramolecular Hbond substituents is 2. The van der Waals surface area contributed by atoms with Crippen LogP contribution in [0.5, 0.6) is 11.5 Å². The van der Waals surface area contributed by atoms with Crippen molar-refractivity contribution < 1.29 is 24.2 Å². The van der Waals surface area contributed by atoms with Gasteiger partial charge in [-0.1, -0.05) is 12.1 Å². The molecule has 2 aromatic rings. The highest BCUT2D eigenvalue weighted by molar-refractivity contribution is 6.01. The lowest BCUT2D eigenvalue weighted by Crippen LogP contribution is -2.26. The summed E-state index contributed by atoms with van der Waals surface area (Å²) >= 11 is 0. The molecule has 0 saturated heterocycles. The number of nitrogens with one attached hydrogen (secondary N) is 2. The highest BCUT2D eigenvalue weighted by Gasteiger charge is 2.11. The van der Waals surface area contributed by atoms with Crippen molar-refractivity contribution in [2.45, 2.75) is 19.9 Å². The minimum Gasteiger partial charge on any atom is -0.508 e. The summed E-state index contributed by atoms with van der Waals surface area (Å²) in [6.45, 7) is 1.81. The molecule has 0 saturated carbocycles. The van der Waals surface area contributed by atoms with Crippen molar-refractivity contribution in [1.29, 1.82) is 0 Å². The first-order chi connectivity index (χ1) is 12.3. The second-order valence-corrected chi connectivity index (χ2v) is 5.57. The Morgan fingerprint density at radius 2 is 1.81 bits per heavy atom. The number of hydrogen-bond donors (Lipinski definition) is 4. The van der Waals surface area contributed by atoms with Crippen LogP contribution >= 0.6 is 0 Å². The molecule has 0 heterocycles. The van der Waals surface area contributed by atoms with Gasteiger partial charge in [-0.3, -0.25) is 9.59 Å². The highest BCUT2D eigenvalue weighted by atomic mass is 19.1. The fourth-order valence-corrected chi connectivity index (χ4v) is 2.06. The minimum atomic E-state index is -0.673. The average Bonchev–Trinajstić information content (AvgIpc) is 2.59. The molecule has 0 radical (unpaired) electrons. The summed E-state index contributed by atoms with van der Waals surface area (Å²) in [5.41, 5.74) is 3.28. The standard InChI is InChI=1S/C18H18FN3O4/c1-11(8-17(25)20-10-12-2-4-13(19)5-3-12)21-22-18(26)15-7-6-14(23)9-16(15)24/h2-7,9,23-24H,8,10H2,1H3,(H,20,25)(H,22,26)/b21-11-. The molecule has 0 unspecified atom stereocenters. The highest BCUT2D eigenvalue weighted by Crippen LogP contribution is 2.22. The van der Waals surface area contributed by atoms with Gasteiger partial charge < -0.3 is 15.5 Å². The molecule has 2 aromatic carbocycles. The predicted octanol–water partition coefficient (Wildman–Crippen LogP) is 2.05. The fraction of sp³-hybridized carbons (Fsp3) is 0.167. The lowest BCUT2D eigenvalue weighted by atomic mass is 10.2. The van der Waals surface area contributed by atoms with Crippen LogP contribution in [-0.4, -0.2) is 27.7 Å². The Kier molecular flexibility index (Phi) is 6.26. The van der Waals surface area contributed by atoms with Crippen molar-refractivity contribution in [3.05, 3.63) is 59.4 Å². The summed E-state index contributed by atoms with van der Waals surface area (Å²) in [6.07, 6.45) is -0.0387. The number of rotatable bonds is 6. The van der Waals surface area contributed by atoms with Crippen molar-refractivity contribution in [3.8, 4) is 11.5 Å². The van der Waals surface area contributed by atoms with Crippen LogP contribution in [0.4, 0.5) is 4.39 Å². The molecule has 0 fully saturated rings. The number of benzene rings is 2. The van der Waals surface area contributed by atoms with Gasteiger partial charge in [0.05, 0.1) is 12.0 Å². The number of carbonyl (C=O) groups is 2. The zero-order chi connectivity index (χ0) is 19.1. The van der Waals surface area contributed by atoms with Crippen molar-refractivity contribution in [2.75, 3.05) is 0 Å². The van der Waals surface area contributed by atoms with Crippen molar-refractivity contribution >= 4 is 17.5 Å². The molecule has 0 aliphatic carbocycles. The normalized spacial score (nSPS) is 11.1. The first-order valence-electron chi connectivity index (χ1n) is 7.72. The molecule has 8 heteroatoms. The van der Waals surface area contributed by atoms with Gasteiger partial charge in [0.15, 0.2) is 0 Å². The largest absolute Gasteiger partial charge is 0.508 e. The number of carbonyl (C=O) groups excluding carboxylic acids is 2. The van der Waals surface area contributed by atoms with Gasteiger partial charge in [-0.2, -0.15) is 5.10 Å². The lowest BCUT2D eigenvalue weighted by Gasteiger charge is -2.06. The van der Waals surface area contributed by atoms with Crippen LogP contribution in [0.1, 0.15) is 29.3 Å². The number of hydrogen-bond acceptors (Lipinski definition) is 5. The summed E-state index contributed by atoms with van der Waals surface area (Å²) in [7, 11) is 0. The summed E-state index contributed by atoms with van der Waals surface area (Å²) in [6, 6.07) is 9.30. The monoisotopic (exact) mass is 359 g/mol. The second-order valence-electron chi connectivity index (χ2n) is 5.57. The SMILES string of the molecule is C/C(CC(=O)NCc1ccc(F)cc1)=N/NC(=O)c1ccc(O)cc1O. The third kappa shape index (κ3) is 5.59. The maximum Gasteiger partial charge on any atom is 0.275 e. The third-order valence-electron chi connectivity index (χ3n) is 3.39. The summed E-state index contributed by atoms with van der Waals surface area (Å²) in [5.74, 6) is -1.88. The molecular formula is C18H18FN3O4. The van der Waals surface area contributed by atoms with Gasteiger partial charge in [0, 0.05) is 18.3 Å². The molecular weight excluding hydrogens is 341 g/mol. The zero-order valence-electron chi connectivity index (χ0n) is 14.0. The Morgan fingerprint density at radius 1 is 1.12 bits per heavy atom. The van der Waals surface area contributed by atoms with Crippen molar-refractivity contribution in [1.82, 2.24) is 10.7 Å². The summed E-state index contributed by atoms with van der Waals surface area (Å²) in [4.78, 5) is 23.8. The van der Waals surface area contributed by atoms with Crippen LogP contribution in [-0.2, 0) is 11.3 Å². The first-order valence-corrected chi connectivity index (χ1v) is 7.72. The summed E-state index contributed by atoms with van der Waals surface area (Å²) < 4.78 is 12.8. The van der Waals surface area contributed by atoms with E-state index in [0.717, 1.165) is 11.6 Å². The van der Waals surface area contributed by atoms with E-state index in [1.165, 1.54) is 24.3 Å². The molecule has 2 amide bonds. The average molecular weight is 359 g/mol. The molecule has 0 spiro atoms. The van der Waals surface area contributed by atoms with Gasteiger partial charge >= 0.3 is 0 Å². The van der Waals surface area contributed by atoms with Crippen LogP contribution in [0.15, 0.2) is 47.6 Å². The Labute approximate surface area is 149 Å². The van der Waals surface area contributed by atoms with E-state index in [4.69, 9.17) is 0 Å². The molecule has 7 nitrogen and oxygen atoms in total. The Balaban J connectivity index is 1.84. The molecule has 136 valence electrons. The third-order valence-corrected chi connectivity index (χ3v) is 3.39. The fourth-order valence-electron chi connectivity index (χ4n) is 2.06. The molecule has 0 bridgehead atoms.